The molecule has 0 spiro atoms. The SMILES string of the molecule is NC(=O)c1cccnc1N(CC(=O)O)CC1CC1. The minimum absolute atomic E-state index is 0.173. The summed E-state index contributed by atoms with van der Waals surface area (Å²) in [5, 5.41) is 8.92. The summed E-state index contributed by atoms with van der Waals surface area (Å²) in [6.07, 6.45) is 3.72. The van der Waals surface area contributed by atoms with E-state index in [-0.39, 0.29) is 12.1 Å². The van der Waals surface area contributed by atoms with Gasteiger partial charge in [0, 0.05) is 12.7 Å². The molecule has 6 nitrogen and oxygen atoms in total. The van der Waals surface area contributed by atoms with Crippen LogP contribution < -0.4 is 10.6 Å². The normalized spacial score (nSPS) is 14.2. The van der Waals surface area contributed by atoms with Crippen molar-refractivity contribution in [1.29, 1.82) is 0 Å². The fourth-order valence-corrected chi connectivity index (χ4v) is 1.84. The molecule has 0 saturated heterocycles. The number of primary amides is 1. The van der Waals surface area contributed by atoms with E-state index in [1.54, 1.807) is 17.0 Å². The molecule has 96 valence electrons. The molecule has 0 unspecified atom stereocenters. The highest BCUT2D eigenvalue weighted by molar-refractivity contribution is 5.98. The first-order valence-electron chi connectivity index (χ1n) is 5.79. The summed E-state index contributed by atoms with van der Waals surface area (Å²) >= 11 is 0. The molecule has 1 aliphatic carbocycles. The van der Waals surface area contributed by atoms with Gasteiger partial charge in [-0.3, -0.25) is 9.59 Å². The standard InChI is InChI=1S/C12H15N3O3/c13-11(18)9-2-1-5-14-12(9)15(7-10(16)17)6-8-3-4-8/h1-2,5,8H,3-4,6-7H2,(H2,13,18)(H,16,17). The Labute approximate surface area is 104 Å². The average Bonchev–Trinajstić information content (AvgIpc) is 3.11. The maximum atomic E-state index is 11.3. The molecule has 2 rings (SSSR count). The van der Waals surface area contributed by atoms with Crippen molar-refractivity contribution in [2.45, 2.75) is 12.8 Å². The first kappa shape index (κ1) is 12.3. The molecule has 1 saturated carbocycles. The summed E-state index contributed by atoms with van der Waals surface area (Å²) in [7, 11) is 0. The van der Waals surface area contributed by atoms with Gasteiger partial charge in [0.25, 0.3) is 5.91 Å². The fourth-order valence-electron chi connectivity index (χ4n) is 1.84. The summed E-state index contributed by atoms with van der Waals surface area (Å²) in [5.74, 6) is -0.688. The predicted molar refractivity (Wildman–Crippen MR) is 65.3 cm³/mol. The van der Waals surface area contributed by atoms with Crippen LogP contribution in [0, 0.1) is 5.92 Å². The number of hydrogen-bond acceptors (Lipinski definition) is 4. The first-order valence-corrected chi connectivity index (χ1v) is 5.79. The predicted octanol–water partition coefficient (Wildman–Crippen LogP) is 0.481. The lowest BCUT2D eigenvalue weighted by Gasteiger charge is -2.23. The largest absolute Gasteiger partial charge is 0.480 e. The number of rotatable bonds is 6. The van der Waals surface area contributed by atoms with Crippen molar-refractivity contribution in [3.8, 4) is 0 Å². The molecule has 1 fully saturated rings. The molecule has 1 aliphatic rings. The summed E-state index contributed by atoms with van der Waals surface area (Å²) in [6, 6.07) is 3.17. The van der Waals surface area contributed by atoms with Crippen LogP contribution in [0.3, 0.4) is 0 Å². The van der Waals surface area contributed by atoms with Crippen LogP contribution in [0.4, 0.5) is 5.82 Å². The molecule has 1 heterocycles. The quantitative estimate of drug-likeness (QED) is 0.764. The number of nitrogens with zero attached hydrogens (tertiary/aromatic N) is 2. The smallest absolute Gasteiger partial charge is 0.323 e. The fraction of sp³-hybridized carbons (Fsp3) is 0.417. The third kappa shape index (κ3) is 2.97. The molecular weight excluding hydrogens is 234 g/mol. The van der Waals surface area contributed by atoms with Crippen LogP contribution in [-0.2, 0) is 4.79 Å². The number of carboxylic acids is 1. The number of amides is 1. The Bertz CT molecular complexity index is 471. The maximum absolute atomic E-state index is 11.3. The van der Waals surface area contributed by atoms with Gasteiger partial charge in [0.15, 0.2) is 0 Å². The van der Waals surface area contributed by atoms with Crippen molar-refractivity contribution >= 4 is 17.7 Å². The number of carbonyl (C=O) groups excluding carboxylic acids is 1. The van der Waals surface area contributed by atoms with Crippen molar-refractivity contribution in [2.24, 2.45) is 11.7 Å². The van der Waals surface area contributed by atoms with Gasteiger partial charge < -0.3 is 15.7 Å². The number of pyridine rings is 1. The number of aromatic nitrogens is 1. The highest BCUT2D eigenvalue weighted by Crippen LogP contribution is 2.31. The third-order valence-corrected chi connectivity index (χ3v) is 2.85. The molecule has 1 aromatic heterocycles. The summed E-state index contributed by atoms with van der Waals surface area (Å²) in [5.41, 5.74) is 5.54. The lowest BCUT2D eigenvalue weighted by molar-refractivity contribution is -0.135. The van der Waals surface area contributed by atoms with Gasteiger partial charge in [0.05, 0.1) is 5.56 Å². The molecule has 18 heavy (non-hydrogen) atoms. The summed E-state index contributed by atoms with van der Waals surface area (Å²) in [6.45, 7) is 0.428. The van der Waals surface area contributed by atoms with Gasteiger partial charge in [-0.25, -0.2) is 4.98 Å². The Balaban J connectivity index is 2.27. The second-order valence-corrected chi connectivity index (χ2v) is 4.46. The second kappa shape index (κ2) is 5.03. The Morgan fingerprint density at radius 2 is 2.22 bits per heavy atom. The maximum Gasteiger partial charge on any atom is 0.323 e. The van der Waals surface area contributed by atoms with Gasteiger partial charge in [-0.1, -0.05) is 0 Å². The number of nitrogens with two attached hydrogens (primary N) is 1. The van der Waals surface area contributed by atoms with Crippen LogP contribution in [0.15, 0.2) is 18.3 Å². The lowest BCUT2D eigenvalue weighted by Crippen LogP contribution is -2.34. The zero-order valence-electron chi connectivity index (χ0n) is 9.87. The van der Waals surface area contributed by atoms with Crippen molar-refractivity contribution in [3.05, 3.63) is 23.9 Å². The minimum atomic E-state index is -0.947. The van der Waals surface area contributed by atoms with Gasteiger partial charge >= 0.3 is 5.97 Å². The topological polar surface area (TPSA) is 96.5 Å². The van der Waals surface area contributed by atoms with Gasteiger partial charge in [0.2, 0.25) is 0 Å². The number of hydrogen-bond donors (Lipinski definition) is 2. The Morgan fingerprint density at radius 1 is 1.50 bits per heavy atom. The Morgan fingerprint density at radius 3 is 2.78 bits per heavy atom. The molecule has 0 atom stereocenters. The average molecular weight is 249 g/mol. The van der Waals surface area contributed by atoms with E-state index in [9.17, 15) is 9.59 Å². The monoisotopic (exact) mass is 249 g/mol. The van der Waals surface area contributed by atoms with E-state index in [1.165, 1.54) is 6.20 Å². The highest BCUT2D eigenvalue weighted by Gasteiger charge is 2.27. The molecular formula is C12H15N3O3. The van der Waals surface area contributed by atoms with Crippen molar-refractivity contribution < 1.29 is 14.7 Å². The zero-order valence-corrected chi connectivity index (χ0v) is 9.87. The third-order valence-electron chi connectivity index (χ3n) is 2.85. The number of carbonyl (C=O) groups is 2. The van der Waals surface area contributed by atoms with Crippen LogP contribution in [-0.4, -0.2) is 35.1 Å². The van der Waals surface area contributed by atoms with E-state index in [0.717, 1.165) is 12.8 Å². The van der Waals surface area contributed by atoms with E-state index >= 15 is 0 Å². The highest BCUT2D eigenvalue weighted by atomic mass is 16.4. The minimum Gasteiger partial charge on any atom is -0.480 e. The number of aliphatic carboxylic acids is 1. The molecule has 1 aromatic rings. The first-order chi connectivity index (χ1) is 8.58. The Kier molecular flexibility index (Phi) is 3.45. The van der Waals surface area contributed by atoms with Gasteiger partial charge in [-0.15, -0.1) is 0 Å². The molecule has 6 heteroatoms. The van der Waals surface area contributed by atoms with Crippen molar-refractivity contribution in [1.82, 2.24) is 4.98 Å². The molecule has 0 aliphatic heterocycles. The second-order valence-electron chi connectivity index (χ2n) is 4.46. The van der Waals surface area contributed by atoms with Crippen LogP contribution in [0.1, 0.15) is 23.2 Å². The van der Waals surface area contributed by atoms with E-state index in [4.69, 9.17) is 10.8 Å². The van der Waals surface area contributed by atoms with E-state index in [0.29, 0.717) is 18.3 Å². The summed E-state index contributed by atoms with van der Waals surface area (Å²) in [4.78, 5) is 27.9. The van der Waals surface area contributed by atoms with Crippen LogP contribution in [0.2, 0.25) is 0 Å². The van der Waals surface area contributed by atoms with Crippen LogP contribution in [0.25, 0.3) is 0 Å². The Hall–Kier alpha value is -2.11. The molecule has 0 aromatic carbocycles. The van der Waals surface area contributed by atoms with Crippen molar-refractivity contribution in [3.63, 3.8) is 0 Å². The van der Waals surface area contributed by atoms with Crippen molar-refractivity contribution in [2.75, 3.05) is 18.0 Å². The van der Waals surface area contributed by atoms with Crippen LogP contribution >= 0.6 is 0 Å². The molecule has 0 radical (unpaired) electrons. The van der Waals surface area contributed by atoms with E-state index in [1.807, 2.05) is 0 Å². The van der Waals surface area contributed by atoms with Gasteiger partial charge in [0.1, 0.15) is 12.4 Å². The number of carboxylic acid groups (broad SMARTS) is 1. The van der Waals surface area contributed by atoms with Gasteiger partial charge in [-0.2, -0.15) is 0 Å². The lowest BCUT2D eigenvalue weighted by atomic mass is 10.2. The zero-order chi connectivity index (χ0) is 13.1. The molecule has 3 N–H and O–H groups in total. The van der Waals surface area contributed by atoms with Gasteiger partial charge in [-0.05, 0) is 30.9 Å². The summed E-state index contributed by atoms with van der Waals surface area (Å²) < 4.78 is 0. The molecule has 1 amide bonds. The van der Waals surface area contributed by atoms with E-state index < -0.39 is 11.9 Å². The van der Waals surface area contributed by atoms with E-state index in [2.05, 4.69) is 4.98 Å². The molecule has 0 bridgehead atoms. The van der Waals surface area contributed by atoms with Crippen LogP contribution in [0.5, 0.6) is 0 Å². The number of anilines is 1.